The monoisotopic (exact) mass is 182 g/mol. The number of aromatic hydroxyl groups is 1. The van der Waals surface area contributed by atoms with Crippen molar-refractivity contribution in [3.05, 3.63) is 29.6 Å². The van der Waals surface area contributed by atoms with Gasteiger partial charge >= 0.3 is 0 Å². The molecule has 1 aromatic carbocycles. The molecule has 0 radical (unpaired) electrons. The zero-order valence-corrected chi connectivity index (χ0v) is 7.89. The van der Waals surface area contributed by atoms with Gasteiger partial charge in [0.25, 0.3) is 0 Å². The highest BCUT2D eigenvalue weighted by atomic mass is 19.1. The molecular formula is C11H15FO. The molecule has 0 bridgehead atoms. The summed E-state index contributed by atoms with van der Waals surface area (Å²) >= 11 is 0. The number of benzene rings is 1. The van der Waals surface area contributed by atoms with Crippen molar-refractivity contribution in [2.75, 3.05) is 0 Å². The largest absolute Gasteiger partial charge is 0.508 e. The molecule has 72 valence electrons. The Kier molecular flexibility index (Phi) is 3.74. The first-order chi connectivity index (χ1) is 6.24. The molecule has 0 spiro atoms. The van der Waals surface area contributed by atoms with Crippen molar-refractivity contribution in [3.63, 3.8) is 0 Å². The minimum atomic E-state index is -0.378. The van der Waals surface area contributed by atoms with Crippen LogP contribution in [0.5, 0.6) is 5.75 Å². The van der Waals surface area contributed by atoms with E-state index in [1.807, 2.05) is 0 Å². The summed E-state index contributed by atoms with van der Waals surface area (Å²) in [6, 6.07) is 4.21. The normalized spacial score (nSPS) is 10.3. The van der Waals surface area contributed by atoms with Crippen molar-refractivity contribution in [2.24, 2.45) is 0 Å². The summed E-state index contributed by atoms with van der Waals surface area (Å²) in [4.78, 5) is 0. The van der Waals surface area contributed by atoms with Crippen molar-refractivity contribution in [1.82, 2.24) is 0 Å². The van der Waals surface area contributed by atoms with Gasteiger partial charge in [0, 0.05) is 6.07 Å². The van der Waals surface area contributed by atoms with Gasteiger partial charge in [-0.3, -0.25) is 0 Å². The topological polar surface area (TPSA) is 20.2 Å². The minimum Gasteiger partial charge on any atom is -0.508 e. The highest BCUT2D eigenvalue weighted by Gasteiger charge is 2.01. The van der Waals surface area contributed by atoms with E-state index in [4.69, 9.17) is 0 Å². The summed E-state index contributed by atoms with van der Waals surface area (Å²) in [6.07, 6.45) is 4.19. The van der Waals surface area contributed by atoms with Crippen LogP contribution < -0.4 is 0 Å². The second kappa shape index (κ2) is 4.85. The van der Waals surface area contributed by atoms with Gasteiger partial charge in [-0.1, -0.05) is 25.8 Å². The maximum atomic E-state index is 12.6. The fourth-order valence-corrected chi connectivity index (χ4v) is 1.31. The van der Waals surface area contributed by atoms with Crippen molar-refractivity contribution >= 4 is 0 Å². The van der Waals surface area contributed by atoms with E-state index in [0.29, 0.717) is 0 Å². The lowest BCUT2D eigenvalue weighted by Gasteiger charge is -2.03. The minimum absolute atomic E-state index is 0.0797. The van der Waals surface area contributed by atoms with E-state index >= 15 is 0 Å². The highest BCUT2D eigenvalue weighted by molar-refractivity contribution is 5.32. The zero-order chi connectivity index (χ0) is 9.68. The summed E-state index contributed by atoms with van der Waals surface area (Å²) < 4.78 is 12.6. The maximum Gasteiger partial charge on any atom is 0.126 e. The van der Waals surface area contributed by atoms with Crippen molar-refractivity contribution in [1.29, 1.82) is 0 Å². The molecule has 0 atom stereocenters. The number of hydrogen-bond donors (Lipinski definition) is 1. The molecule has 0 heterocycles. The average molecular weight is 182 g/mol. The van der Waals surface area contributed by atoms with Gasteiger partial charge in [0.15, 0.2) is 0 Å². The van der Waals surface area contributed by atoms with Crippen LogP contribution in [0, 0.1) is 5.82 Å². The van der Waals surface area contributed by atoms with Crippen LogP contribution in [0.2, 0.25) is 0 Å². The second-order valence-electron chi connectivity index (χ2n) is 3.23. The lowest BCUT2D eigenvalue weighted by Crippen LogP contribution is -1.87. The molecule has 0 aliphatic heterocycles. The van der Waals surface area contributed by atoms with Gasteiger partial charge in [-0.2, -0.15) is 0 Å². The van der Waals surface area contributed by atoms with E-state index in [1.54, 1.807) is 6.07 Å². The number of phenols is 1. The van der Waals surface area contributed by atoms with E-state index in [1.165, 1.54) is 12.1 Å². The maximum absolute atomic E-state index is 12.6. The van der Waals surface area contributed by atoms with Crippen molar-refractivity contribution in [2.45, 2.75) is 32.6 Å². The first-order valence-corrected chi connectivity index (χ1v) is 4.71. The van der Waals surface area contributed by atoms with Crippen LogP contribution >= 0.6 is 0 Å². The third kappa shape index (κ3) is 3.05. The molecular weight excluding hydrogens is 167 g/mol. The van der Waals surface area contributed by atoms with E-state index in [9.17, 15) is 9.50 Å². The lowest BCUT2D eigenvalue weighted by molar-refractivity contribution is 0.460. The molecule has 0 saturated carbocycles. The first-order valence-electron chi connectivity index (χ1n) is 4.71. The van der Waals surface area contributed by atoms with Crippen LogP contribution in [0.15, 0.2) is 18.2 Å². The van der Waals surface area contributed by atoms with E-state index < -0.39 is 0 Å². The molecule has 0 unspecified atom stereocenters. The Labute approximate surface area is 78.2 Å². The van der Waals surface area contributed by atoms with Crippen molar-refractivity contribution < 1.29 is 9.50 Å². The molecule has 13 heavy (non-hydrogen) atoms. The van der Waals surface area contributed by atoms with Gasteiger partial charge in [0.05, 0.1) is 0 Å². The molecule has 0 amide bonds. The number of aryl methyl sites for hydroxylation is 1. The standard InChI is InChI=1S/C11H15FO/c1-2-3-4-5-9-6-7-10(12)8-11(9)13/h6-8,13H,2-5H2,1H3. The van der Waals surface area contributed by atoms with Crippen LogP contribution in [-0.2, 0) is 6.42 Å². The summed E-state index contributed by atoms with van der Waals surface area (Å²) in [5, 5.41) is 9.35. The molecule has 0 saturated heterocycles. The summed E-state index contributed by atoms with van der Waals surface area (Å²) in [5.41, 5.74) is 0.842. The van der Waals surface area contributed by atoms with Gasteiger partial charge in [0.1, 0.15) is 11.6 Å². The number of hydrogen-bond acceptors (Lipinski definition) is 1. The van der Waals surface area contributed by atoms with Crippen LogP contribution in [0.25, 0.3) is 0 Å². The quantitative estimate of drug-likeness (QED) is 0.708. The second-order valence-corrected chi connectivity index (χ2v) is 3.23. The lowest BCUT2D eigenvalue weighted by atomic mass is 10.1. The SMILES string of the molecule is CCCCCc1ccc(F)cc1O. The van der Waals surface area contributed by atoms with E-state index in [2.05, 4.69) is 6.92 Å². The highest BCUT2D eigenvalue weighted by Crippen LogP contribution is 2.20. The molecule has 1 rings (SSSR count). The van der Waals surface area contributed by atoms with Crippen LogP contribution in [0.3, 0.4) is 0 Å². The van der Waals surface area contributed by atoms with Crippen LogP contribution in [-0.4, -0.2) is 5.11 Å². The fraction of sp³-hybridized carbons (Fsp3) is 0.455. The molecule has 0 aromatic heterocycles. The fourth-order valence-electron chi connectivity index (χ4n) is 1.31. The number of phenolic OH excluding ortho intramolecular Hbond substituents is 1. The molecule has 1 aromatic rings. The van der Waals surface area contributed by atoms with Gasteiger partial charge in [-0.05, 0) is 24.5 Å². The van der Waals surface area contributed by atoms with Crippen molar-refractivity contribution in [3.8, 4) is 5.75 Å². The zero-order valence-electron chi connectivity index (χ0n) is 7.89. The Bertz CT molecular complexity index is 271. The Balaban J connectivity index is 2.56. The van der Waals surface area contributed by atoms with E-state index in [0.717, 1.165) is 31.2 Å². The molecule has 0 aliphatic rings. The summed E-state index contributed by atoms with van der Waals surface area (Å²) in [5.74, 6) is -0.298. The van der Waals surface area contributed by atoms with Gasteiger partial charge in [-0.15, -0.1) is 0 Å². The molecule has 1 N–H and O–H groups in total. The third-order valence-corrected chi connectivity index (χ3v) is 2.10. The Morgan fingerprint density at radius 1 is 1.31 bits per heavy atom. The van der Waals surface area contributed by atoms with Gasteiger partial charge in [-0.25, -0.2) is 4.39 Å². The first kappa shape index (κ1) is 10.0. The predicted molar refractivity (Wildman–Crippen MR) is 51.3 cm³/mol. The van der Waals surface area contributed by atoms with E-state index in [-0.39, 0.29) is 11.6 Å². The Morgan fingerprint density at radius 3 is 2.69 bits per heavy atom. The number of unbranched alkanes of at least 4 members (excludes halogenated alkanes) is 2. The average Bonchev–Trinajstić information content (AvgIpc) is 2.09. The van der Waals surface area contributed by atoms with Crippen LogP contribution in [0.1, 0.15) is 31.7 Å². The number of halogens is 1. The predicted octanol–water partition coefficient (Wildman–Crippen LogP) is 3.26. The molecule has 0 fully saturated rings. The summed E-state index contributed by atoms with van der Waals surface area (Å²) in [7, 11) is 0. The van der Waals surface area contributed by atoms with Gasteiger partial charge in [0.2, 0.25) is 0 Å². The summed E-state index contributed by atoms with van der Waals surface area (Å²) in [6.45, 7) is 2.13. The van der Waals surface area contributed by atoms with Gasteiger partial charge < -0.3 is 5.11 Å². The number of rotatable bonds is 4. The Hall–Kier alpha value is -1.05. The van der Waals surface area contributed by atoms with Crippen LogP contribution in [0.4, 0.5) is 4.39 Å². The molecule has 1 nitrogen and oxygen atoms in total. The third-order valence-electron chi connectivity index (χ3n) is 2.10. The molecule has 2 heteroatoms. The molecule has 0 aliphatic carbocycles. The Morgan fingerprint density at radius 2 is 2.08 bits per heavy atom. The smallest absolute Gasteiger partial charge is 0.126 e.